The number of hydrogen-bond acceptors (Lipinski definition) is 6. The molecule has 10 heteroatoms. The van der Waals surface area contributed by atoms with Crippen molar-refractivity contribution in [3.63, 3.8) is 0 Å². The van der Waals surface area contributed by atoms with Crippen LogP contribution in [0.4, 0.5) is 5.82 Å². The van der Waals surface area contributed by atoms with Crippen LogP contribution in [0.2, 0.25) is 0 Å². The first-order valence-corrected chi connectivity index (χ1v) is 12.0. The number of carbonyl (C=O) groups excluding carboxylic acids is 2. The first-order chi connectivity index (χ1) is 17.1. The SMILES string of the molecule is Cl.Cl.NCC1CCC(C(=O)NC(Cc2cccc(Oc3ccccc3)c2)C(=O)Nc2ccncn2)CC1. The molecule has 0 spiro atoms. The zero-order valence-electron chi connectivity index (χ0n) is 20.4. The molecule has 8 nitrogen and oxygen atoms in total. The van der Waals surface area contributed by atoms with Gasteiger partial charge < -0.3 is 21.1 Å². The van der Waals surface area contributed by atoms with Crippen molar-refractivity contribution in [1.29, 1.82) is 0 Å². The number of aromatic nitrogens is 2. The second-order valence-corrected chi connectivity index (χ2v) is 8.87. The van der Waals surface area contributed by atoms with E-state index in [2.05, 4.69) is 20.6 Å². The summed E-state index contributed by atoms with van der Waals surface area (Å²) in [5.74, 6) is 1.71. The molecular weight excluding hydrogens is 513 g/mol. The zero-order chi connectivity index (χ0) is 24.5. The second-order valence-electron chi connectivity index (χ2n) is 8.87. The van der Waals surface area contributed by atoms with Gasteiger partial charge in [-0.25, -0.2) is 9.97 Å². The monoisotopic (exact) mass is 545 g/mol. The van der Waals surface area contributed by atoms with Gasteiger partial charge in [-0.15, -0.1) is 24.8 Å². The fraction of sp³-hybridized carbons (Fsp3) is 0.333. The summed E-state index contributed by atoms with van der Waals surface area (Å²) in [6.45, 7) is 0.652. The highest BCUT2D eigenvalue weighted by atomic mass is 35.5. The van der Waals surface area contributed by atoms with E-state index in [9.17, 15) is 9.59 Å². The molecule has 1 aliphatic carbocycles. The summed E-state index contributed by atoms with van der Waals surface area (Å²) in [6, 6.07) is 17.9. The molecule has 0 radical (unpaired) electrons. The molecule has 1 heterocycles. The number of halogens is 2. The van der Waals surface area contributed by atoms with E-state index >= 15 is 0 Å². The van der Waals surface area contributed by atoms with Gasteiger partial charge in [0.05, 0.1) is 0 Å². The quantitative estimate of drug-likeness (QED) is 0.363. The summed E-state index contributed by atoms with van der Waals surface area (Å²) < 4.78 is 5.94. The van der Waals surface area contributed by atoms with Crippen molar-refractivity contribution in [2.45, 2.75) is 38.1 Å². The average Bonchev–Trinajstić information content (AvgIpc) is 2.89. The van der Waals surface area contributed by atoms with Gasteiger partial charge in [0, 0.05) is 18.5 Å². The third kappa shape index (κ3) is 9.00. The van der Waals surface area contributed by atoms with Crippen LogP contribution in [0.15, 0.2) is 73.2 Å². The molecule has 2 amide bonds. The lowest BCUT2D eigenvalue weighted by Gasteiger charge is -2.28. The smallest absolute Gasteiger partial charge is 0.248 e. The maximum Gasteiger partial charge on any atom is 0.248 e. The fourth-order valence-electron chi connectivity index (χ4n) is 4.33. The summed E-state index contributed by atoms with van der Waals surface area (Å²) in [6.07, 6.45) is 6.67. The maximum atomic E-state index is 13.2. The highest BCUT2D eigenvalue weighted by Gasteiger charge is 2.29. The van der Waals surface area contributed by atoms with Gasteiger partial charge in [0.1, 0.15) is 29.7 Å². The van der Waals surface area contributed by atoms with Gasteiger partial charge in [0.25, 0.3) is 0 Å². The number of nitrogens with one attached hydrogen (secondary N) is 2. The molecule has 1 aliphatic rings. The Hall–Kier alpha value is -3.20. The van der Waals surface area contributed by atoms with Crippen LogP contribution in [0, 0.1) is 11.8 Å². The molecule has 0 saturated heterocycles. The van der Waals surface area contributed by atoms with E-state index in [1.165, 1.54) is 6.33 Å². The molecule has 1 aromatic heterocycles. The van der Waals surface area contributed by atoms with Gasteiger partial charge in [-0.1, -0.05) is 30.3 Å². The first-order valence-electron chi connectivity index (χ1n) is 12.0. The average molecular weight is 546 g/mol. The normalized spacial score (nSPS) is 17.3. The number of nitrogens with zero attached hydrogens (tertiary/aromatic N) is 2. The minimum atomic E-state index is -0.767. The van der Waals surface area contributed by atoms with Gasteiger partial charge in [-0.2, -0.15) is 0 Å². The van der Waals surface area contributed by atoms with E-state index in [0.29, 0.717) is 30.5 Å². The van der Waals surface area contributed by atoms with Crippen molar-refractivity contribution in [2.75, 3.05) is 11.9 Å². The fourth-order valence-corrected chi connectivity index (χ4v) is 4.33. The standard InChI is InChI=1S/C27H31N5O3.2ClH/c28-17-19-9-11-21(12-10-19)26(33)31-24(27(34)32-25-13-14-29-18-30-25)16-20-5-4-8-23(15-20)35-22-6-2-1-3-7-22;;/h1-8,13-15,18-19,21,24H,9-12,16-17,28H2,(H,31,33)(H,29,30,32,34);2*1H. The summed E-state index contributed by atoms with van der Waals surface area (Å²) in [5.41, 5.74) is 6.66. The number of carbonyl (C=O) groups is 2. The predicted octanol–water partition coefficient (Wildman–Crippen LogP) is 4.54. The Balaban J connectivity index is 0.00000241. The largest absolute Gasteiger partial charge is 0.457 e. The number of rotatable bonds is 9. The summed E-state index contributed by atoms with van der Waals surface area (Å²) in [7, 11) is 0. The van der Waals surface area contributed by atoms with Crippen molar-refractivity contribution in [3.05, 3.63) is 78.8 Å². The topological polar surface area (TPSA) is 119 Å². The molecule has 2 aromatic carbocycles. The Labute approximate surface area is 229 Å². The lowest BCUT2D eigenvalue weighted by molar-refractivity contribution is -0.130. The molecule has 1 unspecified atom stereocenters. The minimum absolute atomic E-state index is 0. The zero-order valence-corrected chi connectivity index (χ0v) is 22.0. The second kappa shape index (κ2) is 15.1. The van der Waals surface area contributed by atoms with Crippen molar-refractivity contribution >= 4 is 42.4 Å². The van der Waals surface area contributed by atoms with Crippen molar-refractivity contribution in [3.8, 4) is 11.5 Å². The van der Waals surface area contributed by atoms with Crippen LogP contribution < -0.4 is 21.1 Å². The Morgan fingerprint density at radius 3 is 2.38 bits per heavy atom. The highest BCUT2D eigenvalue weighted by molar-refractivity contribution is 5.97. The molecule has 1 saturated carbocycles. The number of hydrogen-bond donors (Lipinski definition) is 3. The van der Waals surface area contributed by atoms with E-state index in [1.807, 2.05) is 54.6 Å². The van der Waals surface area contributed by atoms with Crippen LogP contribution in [0.5, 0.6) is 11.5 Å². The molecular formula is C27H33Cl2N5O3. The van der Waals surface area contributed by atoms with Crippen LogP contribution in [0.3, 0.4) is 0 Å². The van der Waals surface area contributed by atoms with Crippen LogP contribution >= 0.6 is 24.8 Å². The van der Waals surface area contributed by atoms with Crippen LogP contribution in [0.25, 0.3) is 0 Å². The molecule has 3 aromatic rings. The molecule has 4 rings (SSSR count). The molecule has 0 aliphatic heterocycles. The Morgan fingerprint density at radius 2 is 1.70 bits per heavy atom. The predicted molar refractivity (Wildman–Crippen MR) is 148 cm³/mol. The summed E-state index contributed by atoms with van der Waals surface area (Å²) >= 11 is 0. The van der Waals surface area contributed by atoms with Crippen LogP contribution in [-0.4, -0.2) is 34.4 Å². The van der Waals surface area contributed by atoms with Gasteiger partial charge in [-0.3, -0.25) is 9.59 Å². The number of nitrogens with two attached hydrogens (primary N) is 1. The highest BCUT2D eigenvalue weighted by Crippen LogP contribution is 2.28. The van der Waals surface area contributed by atoms with Gasteiger partial charge in [0.15, 0.2) is 0 Å². The lowest BCUT2D eigenvalue weighted by Crippen LogP contribution is -2.48. The lowest BCUT2D eigenvalue weighted by atomic mass is 9.81. The first kappa shape index (κ1) is 30.0. The Morgan fingerprint density at radius 1 is 0.973 bits per heavy atom. The van der Waals surface area contributed by atoms with Gasteiger partial charge in [0.2, 0.25) is 11.8 Å². The number of para-hydroxylation sites is 1. The number of amides is 2. The summed E-state index contributed by atoms with van der Waals surface area (Å²) in [5, 5.41) is 5.78. The Kier molecular flexibility index (Phi) is 12.3. The molecule has 1 atom stereocenters. The molecule has 37 heavy (non-hydrogen) atoms. The number of anilines is 1. The van der Waals surface area contributed by atoms with E-state index in [0.717, 1.165) is 37.0 Å². The maximum absolute atomic E-state index is 13.2. The van der Waals surface area contributed by atoms with Crippen LogP contribution in [-0.2, 0) is 16.0 Å². The van der Waals surface area contributed by atoms with E-state index in [4.69, 9.17) is 10.5 Å². The molecule has 0 bridgehead atoms. The number of ether oxygens (including phenoxy) is 1. The Bertz CT molecular complexity index is 1110. The molecule has 1 fully saturated rings. The van der Waals surface area contributed by atoms with E-state index in [-0.39, 0.29) is 42.5 Å². The van der Waals surface area contributed by atoms with Crippen LogP contribution in [0.1, 0.15) is 31.2 Å². The van der Waals surface area contributed by atoms with E-state index in [1.54, 1.807) is 12.3 Å². The van der Waals surface area contributed by atoms with Crippen molar-refractivity contribution in [2.24, 2.45) is 17.6 Å². The minimum Gasteiger partial charge on any atom is -0.457 e. The molecule has 198 valence electrons. The molecule has 4 N–H and O–H groups in total. The third-order valence-electron chi connectivity index (χ3n) is 6.33. The number of benzene rings is 2. The van der Waals surface area contributed by atoms with Gasteiger partial charge >= 0.3 is 0 Å². The van der Waals surface area contributed by atoms with Crippen molar-refractivity contribution in [1.82, 2.24) is 15.3 Å². The summed E-state index contributed by atoms with van der Waals surface area (Å²) in [4.78, 5) is 34.2. The third-order valence-corrected chi connectivity index (χ3v) is 6.33. The van der Waals surface area contributed by atoms with E-state index < -0.39 is 6.04 Å². The van der Waals surface area contributed by atoms with Gasteiger partial charge in [-0.05, 0) is 74.0 Å². The van der Waals surface area contributed by atoms with Crippen molar-refractivity contribution < 1.29 is 14.3 Å².